The van der Waals surface area contributed by atoms with Crippen LogP contribution in [-0.2, 0) is 0 Å². The van der Waals surface area contributed by atoms with Crippen LogP contribution in [0.4, 0.5) is 11.6 Å². The first kappa shape index (κ1) is 17.2. The molecule has 1 aromatic rings. The SMILES string of the molecule is CC1=C(C)CN(c2cc(N3C[C@H](O)C[C@@H]3CN(C)C)ncn2)CC1. The lowest BCUT2D eigenvalue weighted by atomic mass is 10.0. The summed E-state index contributed by atoms with van der Waals surface area (Å²) in [5.41, 5.74) is 2.93. The molecule has 24 heavy (non-hydrogen) atoms. The van der Waals surface area contributed by atoms with Gasteiger partial charge in [0.05, 0.1) is 6.10 Å². The van der Waals surface area contributed by atoms with Crippen LogP contribution in [0.2, 0.25) is 0 Å². The fourth-order valence-electron chi connectivity index (χ4n) is 3.65. The molecule has 2 atom stereocenters. The number of likely N-dealkylation sites (N-methyl/N-ethyl adjacent to an activating group) is 1. The van der Waals surface area contributed by atoms with E-state index in [1.165, 1.54) is 11.1 Å². The number of hydrogen-bond acceptors (Lipinski definition) is 6. The van der Waals surface area contributed by atoms with Gasteiger partial charge in [-0.1, -0.05) is 11.1 Å². The fourth-order valence-corrected chi connectivity index (χ4v) is 3.65. The highest BCUT2D eigenvalue weighted by molar-refractivity contribution is 5.53. The van der Waals surface area contributed by atoms with Crippen molar-refractivity contribution in [3.05, 3.63) is 23.5 Å². The molecule has 1 saturated heterocycles. The first-order chi connectivity index (χ1) is 11.4. The van der Waals surface area contributed by atoms with Crippen LogP contribution in [0.15, 0.2) is 23.5 Å². The Labute approximate surface area is 144 Å². The zero-order chi connectivity index (χ0) is 17.3. The second-order valence-corrected chi connectivity index (χ2v) is 7.42. The van der Waals surface area contributed by atoms with Gasteiger partial charge in [0.15, 0.2) is 0 Å². The van der Waals surface area contributed by atoms with E-state index in [2.05, 4.69) is 58.7 Å². The minimum absolute atomic E-state index is 0.281. The number of hydrogen-bond donors (Lipinski definition) is 1. The Morgan fingerprint density at radius 3 is 2.67 bits per heavy atom. The fraction of sp³-hybridized carbons (Fsp3) is 0.667. The molecular formula is C18H29N5O. The number of anilines is 2. The van der Waals surface area contributed by atoms with E-state index in [0.717, 1.165) is 44.1 Å². The van der Waals surface area contributed by atoms with Gasteiger partial charge in [-0.05, 0) is 40.8 Å². The van der Waals surface area contributed by atoms with Crippen molar-refractivity contribution in [2.24, 2.45) is 0 Å². The lowest BCUT2D eigenvalue weighted by molar-refractivity contribution is 0.191. The average Bonchev–Trinajstić information content (AvgIpc) is 2.90. The highest BCUT2D eigenvalue weighted by Crippen LogP contribution is 2.28. The minimum atomic E-state index is -0.281. The Balaban J connectivity index is 1.80. The summed E-state index contributed by atoms with van der Waals surface area (Å²) < 4.78 is 0. The van der Waals surface area contributed by atoms with Crippen LogP contribution in [0.3, 0.4) is 0 Å². The second-order valence-electron chi connectivity index (χ2n) is 7.42. The van der Waals surface area contributed by atoms with Crippen molar-refractivity contribution in [3.63, 3.8) is 0 Å². The number of nitrogens with zero attached hydrogens (tertiary/aromatic N) is 5. The van der Waals surface area contributed by atoms with Crippen LogP contribution in [0.1, 0.15) is 26.7 Å². The molecular weight excluding hydrogens is 302 g/mol. The predicted octanol–water partition coefficient (Wildman–Crippen LogP) is 1.52. The van der Waals surface area contributed by atoms with Crippen molar-refractivity contribution in [2.45, 2.75) is 38.8 Å². The van der Waals surface area contributed by atoms with E-state index in [4.69, 9.17) is 0 Å². The summed E-state index contributed by atoms with van der Waals surface area (Å²) in [6.45, 7) is 7.92. The molecule has 0 bridgehead atoms. The molecule has 2 aliphatic rings. The van der Waals surface area contributed by atoms with Gasteiger partial charge in [-0.2, -0.15) is 0 Å². The molecule has 0 amide bonds. The average molecular weight is 331 g/mol. The molecule has 2 aliphatic heterocycles. The Morgan fingerprint density at radius 1 is 1.21 bits per heavy atom. The molecule has 6 heteroatoms. The summed E-state index contributed by atoms with van der Waals surface area (Å²) in [5, 5.41) is 10.1. The molecule has 132 valence electrons. The van der Waals surface area contributed by atoms with Gasteiger partial charge in [-0.15, -0.1) is 0 Å². The van der Waals surface area contributed by atoms with E-state index in [9.17, 15) is 5.11 Å². The first-order valence-corrected chi connectivity index (χ1v) is 8.75. The van der Waals surface area contributed by atoms with Gasteiger partial charge >= 0.3 is 0 Å². The highest BCUT2D eigenvalue weighted by Gasteiger charge is 2.32. The molecule has 1 aromatic heterocycles. The molecule has 0 aromatic carbocycles. The molecule has 0 spiro atoms. The maximum atomic E-state index is 10.1. The maximum absolute atomic E-state index is 10.1. The first-order valence-electron chi connectivity index (χ1n) is 8.75. The summed E-state index contributed by atoms with van der Waals surface area (Å²) >= 11 is 0. The Hall–Kier alpha value is -1.66. The number of aromatic nitrogens is 2. The van der Waals surface area contributed by atoms with Crippen molar-refractivity contribution in [2.75, 3.05) is 50.1 Å². The van der Waals surface area contributed by atoms with Crippen LogP contribution in [0, 0.1) is 0 Å². The van der Waals surface area contributed by atoms with Crippen molar-refractivity contribution in [1.82, 2.24) is 14.9 Å². The second kappa shape index (κ2) is 7.07. The molecule has 3 heterocycles. The lowest BCUT2D eigenvalue weighted by Crippen LogP contribution is -2.38. The topological polar surface area (TPSA) is 55.7 Å². The quantitative estimate of drug-likeness (QED) is 0.845. The van der Waals surface area contributed by atoms with Crippen molar-refractivity contribution in [3.8, 4) is 0 Å². The Morgan fingerprint density at radius 2 is 1.96 bits per heavy atom. The lowest BCUT2D eigenvalue weighted by Gasteiger charge is -2.31. The normalized spacial score (nSPS) is 25.1. The third-order valence-electron chi connectivity index (χ3n) is 5.14. The minimum Gasteiger partial charge on any atom is -0.391 e. The molecule has 1 fully saturated rings. The van der Waals surface area contributed by atoms with Gasteiger partial charge in [0.25, 0.3) is 0 Å². The van der Waals surface area contributed by atoms with Gasteiger partial charge in [0.2, 0.25) is 0 Å². The molecule has 0 unspecified atom stereocenters. The van der Waals surface area contributed by atoms with E-state index in [1.807, 2.05) is 0 Å². The number of β-amino-alcohol motifs (C(OH)–C–C–N with tert-alkyl or cyclic N) is 1. The number of aliphatic hydroxyl groups excluding tert-OH is 1. The van der Waals surface area contributed by atoms with Crippen LogP contribution >= 0.6 is 0 Å². The summed E-state index contributed by atoms with van der Waals surface area (Å²) in [4.78, 5) is 15.7. The van der Waals surface area contributed by atoms with Crippen LogP contribution < -0.4 is 9.80 Å². The highest BCUT2D eigenvalue weighted by atomic mass is 16.3. The van der Waals surface area contributed by atoms with Gasteiger partial charge < -0.3 is 19.8 Å². The summed E-state index contributed by atoms with van der Waals surface area (Å²) in [6.07, 6.45) is 3.26. The van der Waals surface area contributed by atoms with E-state index < -0.39 is 0 Å². The molecule has 0 saturated carbocycles. The largest absolute Gasteiger partial charge is 0.391 e. The molecule has 6 nitrogen and oxygen atoms in total. The zero-order valence-corrected chi connectivity index (χ0v) is 15.2. The maximum Gasteiger partial charge on any atom is 0.134 e. The van der Waals surface area contributed by atoms with Crippen molar-refractivity contribution < 1.29 is 5.11 Å². The third kappa shape index (κ3) is 3.70. The monoisotopic (exact) mass is 331 g/mol. The smallest absolute Gasteiger partial charge is 0.134 e. The van der Waals surface area contributed by atoms with Gasteiger partial charge in [-0.3, -0.25) is 0 Å². The van der Waals surface area contributed by atoms with Crippen LogP contribution in [0.25, 0.3) is 0 Å². The van der Waals surface area contributed by atoms with Crippen LogP contribution in [0.5, 0.6) is 0 Å². The summed E-state index contributed by atoms with van der Waals surface area (Å²) in [7, 11) is 4.14. The molecule has 3 rings (SSSR count). The standard InChI is InChI=1S/C18H29N5O/c1-13-5-6-22(9-14(13)2)17-8-18(20-12-19-17)23-11-16(24)7-15(23)10-21(3)4/h8,12,15-16,24H,5-7,9-11H2,1-4H3/t15-,16-/m1/s1. The Bertz CT molecular complexity index is 615. The zero-order valence-electron chi connectivity index (χ0n) is 15.2. The van der Waals surface area contributed by atoms with Gasteiger partial charge in [-0.25, -0.2) is 9.97 Å². The Kier molecular flexibility index (Phi) is 5.06. The van der Waals surface area contributed by atoms with E-state index in [0.29, 0.717) is 12.6 Å². The number of aliphatic hydroxyl groups is 1. The molecule has 0 radical (unpaired) electrons. The van der Waals surface area contributed by atoms with E-state index >= 15 is 0 Å². The summed E-state index contributed by atoms with van der Waals surface area (Å²) in [5.74, 6) is 1.91. The molecule has 0 aliphatic carbocycles. The summed E-state index contributed by atoms with van der Waals surface area (Å²) in [6, 6.07) is 2.37. The van der Waals surface area contributed by atoms with Crippen LogP contribution in [-0.4, -0.2) is 72.4 Å². The number of rotatable bonds is 4. The van der Waals surface area contributed by atoms with E-state index in [1.54, 1.807) is 6.33 Å². The van der Waals surface area contributed by atoms with Gasteiger partial charge in [0, 0.05) is 38.3 Å². The third-order valence-corrected chi connectivity index (χ3v) is 5.14. The van der Waals surface area contributed by atoms with Crippen molar-refractivity contribution >= 4 is 11.6 Å². The molecule has 1 N–H and O–H groups in total. The predicted molar refractivity (Wildman–Crippen MR) is 97.5 cm³/mol. The van der Waals surface area contributed by atoms with E-state index in [-0.39, 0.29) is 6.10 Å². The van der Waals surface area contributed by atoms with Crippen molar-refractivity contribution in [1.29, 1.82) is 0 Å². The van der Waals surface area contributed by atoms with Gasteiger partial charge in [0.1, 0.15) is 18.0 Å².